The average molecular weight is 557 g/mol. The second-order valence-electron chi connectivity index (χ2n) is 10.7. The number of allylic oxidation sites excluding steroid dienone is 4. The van der Waals surface area contributed by atoms with E-state index in [4.69, 9.17) is 17.0 Å². The first kappa shape index (κ1) is 29.2. The van der Waals surface area contributed by atoms with Gasteiger partial charge in [-0.2, -0.15) is 17.2 Å². The van der Waals surface area contributed by atoms with E-state index in [0.29, 0.717) is 10.3 Å². The van der Waals surface area contributed by atoms with Crippen LogP contribution in [-0.4, -0.2) is 10.3 Å². The third kappa shape index (κ3) is 8.18. The van der Waals surface area contributed by atoms with Crippen LogP contribution in [0.2, 0.25) is 0 Å². The summed E-state index contributed by atoms with van der Waals surface area (Å²) >= 11 is -0.826. The molecule has 0 amide bonds. The van der Waals surface area contributed by atoms with E-state index in [1.807, 2.05) is 0 Å². The molecule has 0 aliphatic heterocycles. The van der Waals surface area contributed by atoms with Gasteiger partial charge in [-0.25, -0.2) is 5.57 Å². The van der Waals surface area contributed by atoms with E-state index in [0.717, 1.165) is 0 Å². The second kappa shape index (κ2) is 11.6. The van der Waals surface area contributed by atoms with Gasteiger partial charge < -0.3 is 0 Å². The Hall–Kier alpha value is 0.203. The zero-order valence-electron chi connectivity index (χ0n) is 21.2. The molecule has 0 spiro atoms. The molecule has 0 fully saturated rings. The van der Waals surface area contributed by atoms with Crippen LogP contribution in [0.3, 0.4) is 0 Å². The fourth-order valence-electron chi connectivity index (χ4n) is 4.45. The van der Waals surface area contributed by atoms with Crippen molar-refractivity contribution in [1.29, 1.82) is 0 Å². The fraction of sp³-hybridized carbons (Fsp3) is 0.519. The first-order chi connectivity index (χ1) is 14.1. The fourth-order valence-corrected chi connectivity index (χ4v) is 8.55. The van der Waals surface area contributed by atoms with Crippen molar-refractivity contribution in [3.8, 4) is 0 Å². The van der Waals surface area contributed by atoms with Crippen LogP contribution in [0.4, 0.5) is 0 Å². The van der Waals surface area contributed by atoms with Crippen molar-refractivity contribution >= 4 is 41.0 Å². The molecule has 3 rings (SSSR count). The summed E-state index contributed by atoms with van der Waals surface area (Å²) in [7, 11) is 9.68. The molecule has 0 saturated carbocycles. The predicted octanol–water partition coefficient (Wildman–Crippen LogP) is 9.75. The molecule has 0 unspecified atom stereocenters. The molecule has 0 radical (unpaired) electrons. The summed E-state index contributed by atoms with van der Waals surface area (Å²) in [4.78, 5) is 0. The summed E-state index contributed by atoms with van der Waals surface area (Å²) in [6, 6.07) is 13.5. The quantitative estimate of drug-likeness (QED) is 0.242. The number of fused-ring (bicyclic) bond motifs is 1. The summed E-state index contributed by atoms with van der Waals surface area (Å²) in [6.45, 7) is 25.2. The molecule has 4 heteroatoms. The summed E-state index contributed by atoms with van der Waals surface area (Å²) in [5, 5.41) is 5.00. The van der Waals surface area contributed by atoms with Crippen LogP contribution in [0.25, 0.3) is 10.8 Å². The maximum atomic E-state index is 4.93. The van der Waals surface area contributed by atoms with Crippen molar-refractivity contribution in [3.63, 3.8) is 0 Å². The van der Waals surface area contributed by atoms with Gasteiger partial charge in [0.1, 0.15) is 0 Å². The molecule has 1 aliphatic rings. The van der Waals surface area contributed by atoms with Crippen molar-refractivity contribution in [3.05, 3.63) is 59.2 Å². The molecule has 0 aromatic heterocycles. The minimum absolute atomic E-state index is 0.185. The van der Waals surface area contributed by atoms with E-state index in [2.05, 4.69) is 119 Å². The van der Waals surface area contributed by atoms with Gasteiger partial charge in [-0.15, -0.1) is 47.3 Å². The first-order valence-electron chi connectivity index (χ1n) is 10.8. The maximum absolute atomic E-state index is 4.93. The summed E-state index contributed by atoms with van der Waals surface area (Å²) in [6.07, 6.45) is 3.44. The molecule has 2 aromatic carbocycles. The van der Waals surface area contributed by atoms with Gasteiger partial charge in [0.25, 0.3) is 0 Å². The molecule has 0 bridgehead atoms. The van der Waals surface area contributed by atoms with Crippen LogP contribution in [0, 0.1) is 11.5 Å². The molecular formula is C27H39Cl2PZr. The first-order valence-corrected chi connectivity index (χ1v) is 18.5. The molecule has 0 N–H and O–H groups in total. The van der Waals surface area contributed by atoms with Crippen LogP contribution >= 0.6 is 24.9 Å². The summed E-state index contributed by atoms with van der Waals surface area (Å²) in [5.74, 6) is 0. The predicted molar refractivity (Wildman–Crippen MR) is 142 cm³/mol. The Balaban J connectivity index is 0.000000311. The Morgan fingerprint density at radius 1 is 0.935 bits per heavy atom. The van der Waals surface area contributed by atoms with E-state index in [1.165, 1.54) is 27.5 Å². The SMILES string of the molecule is CC(C)(C)P(c1cc2ccccc2[cH-]1)C(C)(C)C.CC1=[C-]C(C)(C)C(C)=C1C.[Cl][Zr+2][Cl]. The summed E-state index contributed by atoms with van der Waals surface area (Å²) in [5.41, 5.74) is 4.39. The minimum atomic E-state index is -0.826. The standard InChI is InChI=1S/C17H24P.C10H15.2ClH.Zr/c1-16(2,3)18(17(4,5)6)15-11-13-9-7-8-10-14(13)12-15;1-7-6-10(4,5)9(3)8(7)2;;;/h7-12H,1-6H3;1-5H3;2*1H;/q2*-1;;;+4/p-2. The zero-order chi connectivity index (χ0) is 24.2. The van der Waals surface area contributed by atoms with E-state index < -0.39 is 20.8 Å². The average Bonchev–Trinajstić information content (AvgIpc) is 3.08. The molecule has 0 atom stereocenters. The Morgan fingerprint density at radius 2 is 1.42 bits per heavy atom. The van der Waals surface area contributed by atoms with Crippen LogP contribution in [-0.2, 0) is 20.8 Å². The number of rotatable bonds is 1. The Labute approximate surface area is 211 Å². The van der Waals surface area contributed by atoms with Crippen molar-refractivity contribution in [2.75, 3.05) is 0 Å². The van der Waals surface area contributed by atoms with E-state index in [-0.39, 0.29) is 13.3 Å². The van der Waals surface area contributed by atoms with Gasteiger partial charge in [-0.05, 0) is 10.3 Å². The summed E-state index contributed by atoms with van der Waals surface area (Å²) < 4.78 is 0. The number of benzene rings is 1. The van der Waals surface area contributed by atoms with Crippen LogP contribution in [0.1, 0.15) is 76.2 Å². The molecular weight excluding hydrogens is 517 g/mol. The second-order valence-corrected chi connectivity index (χ2v) is 18.3. The molecule has 0 saturated heterocycles. The molecule has 0 heterocycles. The van der Waals surface area contributed by atoms with Gasteiger partial charge in [-0.3, -0.25) is 6.08 Å². The molecule has 170 valence electrons. The Morgan fingerprint density at radius 3 is 1.74 bits per heavy atom. The Bertz CT molecular complexity index is 874. The van der Waals surface area contributed by atoms with Crippen molar-refractivity contribution < 1.29 is 20.8 Å². The van der Waals surface area contributed by atoms with Crippen molar-refractivity contribution in [2.45, 2.75) is 86.5 Å². The normalized spacial score (nSPS) is 15.7. The molecule has 0 nitrogen and oxygen atoms in total. The van der Waals surface area contributed by atoms with Gasteiger partial charge in [0.2, 0.25) is 0 Å². The van der Waals surface area contributed by atoms with Crippen molar-refractivity contribution in [2.24, 2.45) is 5.41 Å². The van der Waals surface area contributed by atoms with Gasteiger partial charge in [-0.1, -0.05) is 88.6 Å². The zero-order valence-corrected chi connectivity index (χ0v) is 26.0. The van der Waals surface area contributed by atoms with E-state index >= 15 is 0 Å². The third-order valence-corrected chi connectivity index (χ3v) is 9.22. The number of hydrogen-bond donors (Lipinski definition) is 0. The molecule has 1 aliphatic carbocycles. The monoisotopic (exact) mass is 554 g/mol. The van der Waals surface area contributed by atoms with E-state index in [9.17, 15) is 0 Å². The topological polar surface area (TPSA) is 0 Å². The van der Waals surface area contributed by atoms with Gasteiger partial charge in [0.15, 0.2) is 0 Å². The van der Waals surface area contributed by atoms with Gasteiger partial charge in [0.05, 0.1) is 0 Å². The third-order valence-electron chi connectivity index (χ3n) is 5.77. The van der Waals surface area contributed by atoms with Crippen molar-refractivity contribution in [1.82, 2.24) is 0 Å². The van der Waals surface area contributed by atoms with Crippen LogP contribution in [0.5, 0.6) is 0 Å². The molecule has 2 aromatic rings. The van der Waals surface area contributed by atoms with Crippen LogP contribution in [0.15, 0.2) is 53.1 Å². The number of halogens is 2. The van der Waals surface area contributed by atoms with Gasteiger partial charge in [0, 0.05) is 0 Å². The van der Waals surface area contributed by atoms with E-state index in [1.54, 1.807) is 5.30 Å². The Kier molecular flexibility index (Phi) is 10.9. The molecule has 31 heavy (non-hydrogen) atoms. The van der Waals surface area contributed by atoms with Crippen LogP contribution < -0.4 is 5.30 Å². The van der Waals surface area contributed by atoms with Gasteiger partial charge >= 0.3 is 37.9 Å². The number of hydrogen-bond acceptors (Lipinski definition) is 0.